The van der Waals surface area contributed by atoms with Crippen molar-refractivity contribution in [2.45, 2.75) is 63.3 Å². The first-order valence-electron chi connectivity index (χ1n) is 12.4. The van der Waals surface area contributed by atoms with E-state index >= 15 is 0 Å². The minimum Gasteiger partial charge on any atom is -0.460 e. The first-order chi connectivity index (χ1) is 16.3. The summed E-state index contributed by atoms with van der Waals surface area (Å²) in [7, 11) is 0. The van der Waals surface area contributed by atoms with E-state index in [0.717, 1.165) is 58.4 Å². The predicted octanol–water partition coefficient (Wildman–Crippen LogP) is 6.26. The Bertz CT molecular complexity index is 1150. The highest BCUT2D eigenvalue weighted by Crippen LogP contribution is 2.41. The number of rotatable bonds is 4. The number of aromatic nitrogens is 1. The van der Waals surface area contributed by atoms with Gasteiger partial charge in [0.05, 0.1) is 5.71 Å². The normalized spacial score (nSPS) is 21.2. The fourth-order valence-electron chi connectivity index (χ4n) is 6.10. The minimum absolute atomic E-state index is 0.472. The van der Waals surface area contributed by atoms with Crippen molar-refractivity contribution in [1.82, 2.24) is 9.88 Å². The molecule has 0 spiro atoms. The maximum absolute atomic E-state index is 9.29. The lowest BCUT2D eigenvalue weighted by atomic mass is 9.92. The molecule has 2 aliphatic carbocycles. The molecule has 2 fully saturated rings. The number of likely N-dealkylation sites (tertiary alicyclic amines) is 1. The largest absolute Gasteiger partial charge is 0.460 e. The zero-order valence-electron chi connectivity index (χ0n) is 19.0. The van der Waals surface area contributed by atoms with Crippen LogP contribution in [0.4, 0.5) is 0 Å². The molecule has 0 bridgehead atoms. The summed E-state index contributed by atoms with van der Waals surface area (Å²) in [6.45, 7) is 2.36. The van der Waals surface area contributed by atoms with Crippen molar-refractivity contribution < 1.29 is 9.62 Å². The van der Waals surface area contributed by atoms with Crippen LogP contribution in [0.2, 0.25) is 0 Å². The van der Waals surface area contributed by atoms with Crippen molar-refractivity contribution >= 4 is 5.71 Å². The number of piperidine rings is 1. The van der Waals surface area contributed by atoms with Gasteiger partial charge in [0.1, 0.15) is 11.5 Å². The summed E-state index contributed by atoms with van der Waals surface area (Å²) < 4.78 is 6.61. The van der Waals surface area contributed by atoms with E-state index in [4.69, 9.17) is 4.42 Å². The number of fused-ring (bicyclic) bond motifs is 1. The Morgan fingerprint density at radius 1 is 0.879 bits per heavy atom. The number of furan rings is 1. The van der Waals surface area contributed by atoms with Crippen molar-refractivity contribution in [3.05, 3.63) is 65.7 Å². The number of oxime groups is 1. The summed E-state index contributed by atoms with van der Waals surface area (Å²) in [6.07, 6.45) is 13.2. The maximum Gasteiger partial charge on any atom is 0.142 e. The fourth-order valence-corrected chi connectivity index (χ4v) is 6.10. The minimum atomic E-state index is 0.472. The lowest BCUT2D eigenvalue weighted by Gasteiger charge is -2.35. The lowest BCUT2D eigenvalue weighted by molar-refractivity contribution is 0.148. The van der Waals surface area contributed by atoms with Crippen LogP contribution in [0.5, 0.6) is 0 Å². The predicted molar refractivity (Wildman–Crippen MR) is 130 cm³/mol. The molecule has 3 heterocycles. The standard InChI is InChI=1S/C28H31N3O2/c32-30-26-8-6-21-17-22(5-7-24(21)26)25-18-27(33-28(25)20-9-13-29-14-10-20)19-11-15-31(16-12-19)23-3-1-2-4-23/h5,7,9-10,13-14,17-19,23,32H,1-4,6,8,11-12,15-16H2/b30-26+. The fraction of sp³-hybridized carbons (Fsp3) is 0.429. The molecule has 1 N–H and O–H groups in total. The second-order valence-corrected chi connectivity index (χ2v) is 9.79. The van der Waals surface area contributed by atoms with Crippen LogP contribution in [0, 0.1) is 0 Å². The molecule has 33 heavy (non-hydrogen) atoms. The molecule has 6 rings (SSSR count). The zero-order valence-corrected chi connectivity index (χ0v) is 19.0. The number of nitrogens with zero attached hydrogens (tertiary/aromatic N) is 3. The second-order valence-electron chi connectivity index (χ2n) is 9.79. The number of benzene rings is 1. The molecule has 170 valence electrons. The molecule has 5 heteroatoms. The van der Waals surface area contributed by atoms with E-state index in [1.54, 1.807) is 0 Å². The highest BCUT2D eigenvalue weighted by Gasteiger charge is 2.30. The lowest BCUT2D eigenvalue weighted by Crippen LogP contribution is -2.39. The first-order valence-corrected chi connectivity index (χ1v) is 12.4. The molecule has 0 atom stereocenters. The van der Waals surface area contributed by atoms with E-state index in [9.17, 15) is 5.21 Å². The van der Waals surface area contributed by atoms with E-state index in [1.807, 2.05) is 24.5 Å². The molecule has 1 saturated carbocycles. The number of pyridine rings is 1. The Kier molecular flexibility index (Phi) is 5.50. The summed E-state index contributed by atoms with van der Waals surface area (Å²) in [5, 5.41) is 12.8. The van der Waals surface area contributed by atoms with Crippen LogP contribution in [0.1, 0.15) is 67.8 Å². The summed E-state index contributed by atoms with van der Waals surface area (Å²) in [5.74, 6) is 2.51. The molecular weight excluding hydrogens is 410 g/mol. The number of aryl methyl sites for hydroxylation is 1. The van der Waals surface area contributed by atoms with Gasteiger partial charge in [-0.1, -0.05) is 36.2 Å². The average Bonchev–Trinajstić information content (AvgIpc) is 3.64. The van der Waals surface area contributed by atoms with E-state index in [0.29, 0.717) is 5.92 Å². The van der Waals surface area contributed by atoms with Crippen LogP contribution in [-0.4, -0.2) is 39.9 Å². The monoisotopic (exact) mass is 441 g/mol. The molecule has 2 aromatic heterocycles. The van der Waals surface area contributed by atoms with E-state index in [2.05, 4.69) is 39.3 Å². The van der Waals surface area contributed by atoms with Crippen molar-refractivity contribution in [2.75, 3.05) is 13.1 Å². The van der Waals surface area contributed by atoms with Gasteiger partial charge in [-0.2, -0.15) is 0 Å². The Morgan fingerprint density at radius 2 is 1.67 bits per heavy atom. The van der Waals surface area contributed by atoms with Crippen molar-refractivity contribution in [3.63, 3.8) is 0 Å². The van der Waals surface area contributed by atoms with E-state index in [-0.39, 0.29) is 0 Å². The van der Waals surface area contributed by atoms with Crippen LogP contribution in [0.25, 0.3) is 22.5 Å². The molecule has 1 aliphatic heterocycles. The molecule has 3 aromatic rings. The molecule has 1 saturated heterocycles. The van der Waals surface area contributed by atoms with Gasteiger partial charge in [0.2, 0.25) is 0 Å². The topological polar surface area (TPSA) is 61.9 Å². The Hall–Kier alpha value is -2.92. The van der Waals surface area contributed by atoms with Crippen LogP contribution in [0.15, 0.2) is 58.4 Å². The quantitative estimate of drug-likeness (QED) is 0.384. The van der Waals surface area contributed by atoms with Crippen LogP contribution in [-0.2, 0) is 6.42 Å². The van der Waals surface area contributed by atoms with Crippen molar-refractivity contribution in [3.8, 4) is 22.5 Å². The third kappa shape index (κ3) is 3.89. The SMILES string of the molecule is O/N=C1\CCc2cc(-c3cc(C4CCN(C5CCCC5)CC4)oc3-c3ccncc3)ccc21. The van der Waals surface area contributed by atoms with Crippen LogP contribution >= 0.6 is 0 Å². The third-order valence-electron chi connectivity index (χ3n) is 7.95. The Labute approximate surface area is 195 Å². The summed E-state index contributed by atoms with van der Waals surface area (Å²) in [4.78, 5) is 6.92. The van der Waals surface area contributed by atoms with E-state index in [1.165, 1.54) is 57.2 Å². The highest BCUT2D eigenvalue weighted by atomic mass is 16.4. The molecule has 0 unspecified atom stereocenters. The molecular formula is C28H31N3O2. The molecule has 0 radical (unpaired) electrons. The zero-order chi connectivity index (χ0) is 22.2. The van der Waals surface area contributed by atoms with Gasteiger partial charge in [-0.05, 0) is 80.9 Å². The van der Waals surface area contributed by atoms with Crippen molar-refractivity contribution in [2.24, 2.45) is 5.16 Å². The summed E-state index contributed by atoms with van der Waals surface area (Å²) in [5.41, 5.74) is 6.47. The summed E-state index contributed by atoms with van der Waals surface area (Å²) in [6, 6.07) is 13.6. The van der Waals surface area contributed by atoms with Gasteiger partial charge in [-0.15, -0.1) is 0 Å². The summed E-state index contributed by atoms with van der Waals surface area (Å²) >= 11 is 0. The molecule has 3 aliphatic rings. The Balaban J connectivity index is 1.32. The average molecular weight is 442 g/mol. The van der Waals surface area contributed by atoms with E-state index < -0.39 is 0 Å². The first kappa shape index (κ1) is 20.7. The number of hydrogen-bond donors (Lipinski definition) is 1. The molecule has 1 aromatic carbocycles. The van der Waals surface area contributed by atoms with Gasteiger partial charge < -0.3 is 14.5 Å². The van der Waals surface area contributed by atoms with Crippen LogP contribution in [0.3, 0.4) is 0 Å². The third-order valence-corrected chi connectivity index (χ3v) is 7.95. The van der Waals surface area contributed by atoms with Gasteiger partial charge in [0.25, 0.3) is 0 Å². The van der Waals surface area contributed by atoms with Crippen molar-refractivity contribution in [1.29, 1.82) is 0 Å². The van der Waals surface area contributed by atoms with Gasteiger partial charge >= 0.3 is 0 Å². The number of hydrogen-bond acceptors (Lipinski definition) is 5. The Morgan fingerprint density at radius 3 is 2.42 bits per heavy atom. The second kappa shape index (κ2) is 8.79. The van der Waals surface area contributed by atoms with Crippen LogP contribution < -0.4 is 0 Å². The van der Waals surface area contributed by atoms with Gasteiger partial charge in [0.15, 0.2) is 0 Å². The highest BCUT2D eigenvalue weighted by molar-refractivity contribution is 6.04. The van der Waals surface area contributed by atoms with Gasteiger partial charge in [-0.3, -0.25) is 4.98 Å². The van der Waals surface area contributed by atoms with Gasteiger partial charge in [-0.25, -0.2) is 0 Å². The maximum atomic E-state index is 9.29. The molecule has 5 nitrogen and oxygen atoms in total. The molecule has 0 amide bonds. The smallest absolute Gasteiger partial charge is 0.142 e. The van der Waals surface area contributed by atoms with Gasteiger partial charge in [0, 0.05) is 41.0 Å².